The Balaban J connectivity index is 3.45. The van der Waals surface area contributed by atoms with E-state index in [4.69, 9.17) is 10.5 Å². The van der Waals surface area contributed by atoms with Gasteiger partial charge in [-0.2, -0.15) is 0 Å². The summed E-state index contributed by atoms with van der Waals surface area (Å²) in [6, 6.07) is 1.64. The Bertz CT molecular complexity index is 506. The number of nitrogens with two attached hydrogens (primary N) is 1. The fraction of sp³-hybridized carbons (Fsp3) is 0.571. The van der Waals surface area contributed by atoms with Crippen LogP contribution in [0.1, 0.15) is 41.9 Å². The van der Waals surface area contributed by atoms with Crippen LogP contribution in [-0.2, 0) is 24.1 Å². The van der Waals surface area contributed by atoms with E-state index in [2.05, 4.69) is 6.92 Å². The van der Waals surface area contributed by atoms with Crippen LogP contribution in [0.3, 0.4) is 0 Å². The number of nitrogens with zero attached hydrogens (tertiary/aromatic N) is 1. The number of pyridine rings is 1. The first-order chi connectivity index (χ1) is 9.06. The van der Waals surface area contributed by atoms with Gasteiger partial charge in [0.05, 0.1) is 6.61 Å². The molecule has 0 fully saturated rings. The minimum atomic E-state index is -0.672. The first-order valence-corrected chi connectivity index (χ1v) is 6.61. The van der Waals surface area contributed by atoms with Gasteiger partial charge < -0.3 is 15.0 Å². The summed E-state index contributed by atoms with van der Waals surface area (Å²) in [4.78, 5) is 23.6. The summed E-state index contributed by atoms with van der Waals surface area (Å²) in [6.07, 6.45) is 2.51. The van der Waals surface area contributed by atoms with Crippen LogP contribution < -0.4 is 11.3 Å². The van der Waals surface area contributed by atoms with E-state index < -0.39 is 5.91 Å². The van der Waals surface area contributed by atoms with Gasteiger partial charge in [-0.25, -0.2) is 0 Å². The topological polar surface area (TPSA) is 74.3 Å². The smallest absolute Gasteiger partial charge is 0.263 e. The highest BCUT2D eigenvalue weighted by atomic mass is 16.5. The molecule has 0 saturated carbocycles. The highest BCUT2D eigenvalue weighted by Gasteiger charge is 2.16. The number of ether oxygens (including phenoxy) is 1. The molecule has 0 aliphatic heterocycles. The number of primary amides is 1. The molecule has 0 bridgehead atoms. The lowest BCUT2D eigenvalue weighted by Crippen LogP contribution is -2.33. The molecular formula is C14H22N2O3. The Labute approximate surface area is 113 Å². The molecule has 1 aromatic heterocycles. The van der Waals surface area contributed by atoms with E-state index in [-0.39, 0.29) is 11.1 Å². The van der Waals surface area contributed by atoms with Crippen LogP contribution in [0.2, 0.25) is 0 Å². The number of rotatable bonds is 7. The number of aryl methyl sites for hydroxylation is 1. The summed E-state index contributed by atoms with van der Waals surface area (Å²) in [5.41, 5.74) is 7.01. The number of hydrogen-bond acceptors (Lipinski definition) is 3. The van der Waals surface area contributed by atoms with Crippen molar-refractivity contribution in [3.05, 3.63) is 33.2 Å². The minimum Gasteiger partial charge on any atom is -0.383 e. The van der Waals surface area contributed by atoms with Crippen LogP contribution in [0.5, 0.6) is 0 Å². The Hall–Kier alpha value is -1.62. The molecule has 106 valence electrons. The van der Waals surface area contributed by atoms with Gasteiger partial charge in [0.25, 0.3) is 11.5 Å². The van der Waals surface area contributed by atoms with E-state index >= 15 is 0 Å². The molecule has 0 aliphatic rings. The van der Waals surface area contributed by atoms with Gasteiger partial charge in [-0.05, 0) is 24.5 Å². The summed E-state index contributed by atoms with van der Waals surface area (Å²) in [6.45, 7) is 4.94. The maximum absolute atomic E-state index is 12.3. The zero-order valence-corrected chi connectivity index (χ0v) is 11.9. The molecular weight excluding hydrogens is 244 g/mol. The number of aromatic nitrogens is 1. The zero-order valence-electron chi connectivity index (χ0n) is 11.9. The van der Waals surface area contributed by atoms with E-state index in [1.165, 1.54) is 0 Å². The van der Waals surface area contributed by atoms with Crippen LogP contribution in [0, 0.1) is 0 Å². The molecule has 1 rings (SSSR count). The first kappa shape index (κ1) is 15.4. The largest absolute Gasteiger partial charge is 0.383 e. The Morgan fingerprint density at radius 3 is 2.58 bits per heavy atom. The SMILES string of the molecule is CCCc1c(CC)cc(C(N)=O)c(=O)n1CCOC. The number of methoxy groups -OCH3 is 1. The first-order valence-electron chi connectivity index (χ1n) is 6.61. The molecule has 2 N–H and O–H groups in total. The van der Waals surface area contributed by atoms with Crippen molar-refractivity contribution in [2.45, 2.75) is 39.7 Å². The molecule has 0 saturated heterocycles. The third kappa shape index (κ3) is 3.44. The highest BCUT2D eigenvalue weighted by molar-refractivity contribution is 5.92. The van der Waals surface area contributed by atoms with E-state index in [0.29, 0.717) is 13.2 Å². The third-order valence-corrected chi connectivity index (χ3v) is 3.14. The fourth-order valence-corrected chi connectivity index (χ4v) is 2.19. The van der Waals surface area contributed by atoms with E-state index in [1.807, 2.05) is 6.92 Å². The molecule has 0 unspecified atom stereocenters. The van der Waals surface area contributed by atoms with Gasteiger partial charge in [-0.1, -0.05) is 20.3 Å². The summed E-state index contributed by atoms with van der Waals surface area (Å²) in [7, 11) is 1.59. The molecule has 1 aromatic rings. The predicted molar refractivity (Wildman–Crippen MR) is 74.5 cm³/mol. The Kier molecular flexibility index (Phi) is 5.76. The molecule has 1 heterocycles. The third-order valence-electron chi connectivity index (χ3n) is 3.14. The van der Waals surface area contributed by atoms with Crippen molar-refractivity contribution in [2.75, 3.05) is 13.7 Å². The molecule has 0 atom stereocenters. The lowest BCUT2D eigenvalue weighted by atomic mass is 10.0. The van der Waals surface area contributed by atoms with Gasteiger partial charge in [0.15, 0.2) is 0 Å². The van der Waals surface area contributed by atoms with Crippen molar-refractivity contribution in [3.63, 3.8) is 0 Å². The standard InChI is InChI=1S/C14H22N2O3/c1-4-6-12-10(5-2)9-11(13(15)17)14(18)16(12)7-8-19-3/h9H,4-8H2,1-3H3,(H2,15,17). The second kappa shape index (κ2) is 7.09. The van der Waals surface area contributed by atoms with Gasteiger partial charge in [0.1, 0.15) is 5.56 Å². The normalized spacial score (nSPS) is 10.7. The average Bonchev–Trinajstić information content (AvgIpc) is 2.38. The van der Waals surface area contributed by atoms with Crippen molar-refractivity contribution >= 4 is 5.91 Å². The van der Waals surface area contributed by atoms with Crippen LogP contribution in [0.15, 0.2) is 10.9 Å². The van der Waals surface area contributed by atoms with Crippen molar-refractivity contribution in [3.8, 4) is 0 Å². The van der Waals surface area contributed by atoms with Crippen molar-refractivity contribution in [1.29, 1.82) is 0 Å². The van der Waals surface area contributed by atoms with E-state index in [1.54, 1.807) is 17.7 Å². The molecule has 1 amide bonds. The number of hydrogen-bond donors (Lipinski definition) is 1. The Morgan fingerprint density at radius 1 is 1.42 bits per heavy atom. The van der Waals surface area contributed by atoms with E-state index in [0.717, 1.165) is 30.5 Å². The molecule has 0 aliphatic carbocycles. The molecule has 0 radical (unpaired) electrons. The fourth-order valence-electron chi connectivity index (χ4n) is 2.19. The summed E-state index contributed by atoms with van der Waals surface area (Å²) in [5, 5.41) is 0. The number of carbonyl (C=O) groups is 1. The second-order valence-corrected chi connectivity index (χ2v) is 4.45. The van der Waals surface area contributed by atoms with Crippen molar-refractivity contribution < 1.29 is 9.53 Å². The number of carbonyl (C=O) groups excluding carboxylic acids is 1. The molecule has 5 heteroatoms. The van der Waals surface area contributed by atoms with Gasteiger partial charge in [-0.15, -0.1) is 0 Å². The molecule has 0 spiro atoms. The number of amides is 1. The highest BCUT2D eigenvalue weighted by Crippen LogP contribution is 2.12. The maximum Gasteiger partial charge on any atom is 0.263 e. The average molecular weight is 266 g/mol. The monoisotopic (exact) mass is 266 g/mol. The van der Waals surface area contributed by atoms with Crippen LogP contribution in [-0.4, -0.2) is 24.2 Å². The summed E-state index contributed by atoms with van der Waals surface area (Å²) >= 11 is 0. The lowest BCUT2D eigenvalue weighted by Gasteiger charge is -2.17. The predicted octanol–water partition coefficient (Wildman–Crippen LogP) is 1.11. The molecule has 0 aromatic carbocycles. The minimum absolute atomic E-state index is 0.0628. The van der Waals surface area contributed by atoms with Gasteiger partial charge in [0.2, 0.25) is 0 Å². The quantitative estimate of drug-likeness (QED) is 0.803. The van der Waals surface area contributed by atoms with Crippen molar-refractivity contribution in [1.82, 2.24) is 4.57 Å². The zero-order chi connectivity index (χ0) is 14.4. The van der Waals surface area contributed by atoms with Gasteiger partial charge >= 0.3 is 0 Å². The van der Waals surface area contributed by atoms with Crippen molar-refractivity contribution in [2.24, 2.45) is 5.73 Å². The van der Waals surface area contributed by atoms with Crippen LogP contribution in [0.4, 0.5) is 0 Å². The van der Waals surface area contributed by atoms with Crippen LogP contribution in [0.25, 0.3) is 0 Å². The van der Waals surface area contributed by atoms with Crippen LogP contribution >= 0.6 is 0 Å². The van der Waals surface area contributed by atoms with Gasteiger partial charge in [0, 0.05) is 19.3 Å². The molecule has 5 nitrogen and oxygen atoms in total. The Morgan fingerprint density at radius 2 is 2.11 bits per heavy atom. The summed E-state index contributed by atoms with van der Waals surface area (Å²) < 4.78 is 6.66. The molecule has 19 heavy (non-hydrogen) atoms. The second-order valence-electron chi connectivity index (χ2n) is 4.45. The maximum atomic E-state index is 12.3. The van der Waals surface area contributed by atoms with E-state index in [9.17, 15) is 9.59 Å². The summed E-state index contributed by atoms with van der Waals surface area (Å²) in [5.74, 6) is -0.672. The lowest BCUT2D eigenvalue weighted by molar-refractivity contribution is 0.0997. The van der Waals surface area contributed by atoms with Gasteiger partial charge in [-0.3, -0.25) is 9.59 Å².